The van der Waals surface area contributed by atoms with E-state index in [-0.39, 0.29) is 0 Å². The van der Waals surface area contributed by atoms with Gasteiger partial charge in [0, 0.05) is 11.8 Å². The van der Waals surface area contributed by atoms with Gasteiger partial charge in [0.05, 0.1) is 20.8 Å². The third-order valence-corrected chi connectivity index (χ3v) is 3.64. The van der Waals surface area contributed by atoms with E-state index in [1.54, 1.807) is 26.4 Å². The number of aliphatic imine (C=N–C) groups is 1. The molecule has 0 fully saturated rings. The van der Waals surface area contributed by atoms with Gasteiger partial charge in [0.15, 0.2) is 17.5 Å². The van der Waals surface area contributed by atoms with Gasteiger partial charge in [0.25, 0.3) is 0 Å². The Morgan fingerprint density at radius 3 is 2.29 bits per heavy atom. The minimum atomic E-state index is 0.297. The van der Waals surface area contributed by atoms with E-state index in [0.29, 0.717) is 29.8 Å². The predicted molar refractivity (Wildman–Crippen MR) is 96.1 cm³/mol. The van der Waals surface area contributed by atoms with Crippen LogP contribution < -0.4 is 20.5 Å². The number of phenols is 1. The van der Waals surface area contributed by atoms with Crippen LogP contribution in [0.5, 0.6) is 17.2 Å². The van der Waals surface area contributed by atoms with E-state index in [9.17, 15) is 5.11 Å². The number of nitrogens with zero attached hydrogens (tertiary/aromatic N) is 1. The second kappa shape index (κ2) is 7.59. The van der Waals surface area contributed by atoms with Crippen LogP contribution in [-0.4, -0.2) is 25.3 Å². The highest BCUT2D eigenvalue weighted by Gasteiger charge is 2.06. The zero-order chi connectivity index (χ0) is 17.7. The Morgan fingerprint density at radius 1 is 1.08 bits per heavy atom. The van der Waals surface area contributed by atoms with Crippen molar-refractivity contribution in [1.29, 1.82) is 0 Å². The molecule has 0 heterocycles. The van der Waals surface area contributed by atoms with Crippen LogP contribution in [0.1, 0.15) is 16.7 Å². The highest BCUT2D eigenvalue weighted by Crippen LogP contribution is 2.29. The third kappa shape index (κ3) is 4.10. The van der Waals surface area contributed by atoms with Crippen LogP contribution in [0.2, 0.25) is 0 Å². The van der Waals surface area contributed by atoms with Crippen LogP contribution in [0.3, 0.4) is 0 Å². The number of guanidine groups is 1. The van der Waals surface area contributed by atoms with E-state index in [0.717, 1.165) is 22.4 Å². The topological polar surface area (TPSA) is 89.1 Å². The minimum Gasteiger partial charge on any atom is -0.507 e. The number of benzene rings is 2. The zero-order valence-corrected chi connectivity index (χ0v) is 14.4. The maximum atomic E-state index is 9.80. The molecule has 24 heavy (non-hydrogen) atoms. The minimum absolute atomic E-state index is 0.297. The number of phenolic OH excluding ortho intramolecular Hbond substituents is 1. The summed E-state index contributed by atoms with van der Waals surface area (Å²) in [5.74, 6) is 1.87. The van der Waals surface area contributed by atoms with Gasteiger partial charge in [-0.25, -0.2) is 4.99 Å². The Bertz CT molecular complexity index is 734. The Labute approximate surface area is 141 Å². The highest BCUT2D eigenvalue weighted by molar-refractivity contribution is 5.92. The Hall–Kier alpha value is -2.89. The average Bonchev–Trinajstić information content (AvgIpc) is 2.57. The summed E-state index contributed by atoms with van der Waals surface area (Å²) < 4.78 is 10.5. The van der Waals surface area contributed by atoms with Crippen molar-refractivity contribution in [1.82, 2.24) is 0 Å². The largest absolute Gasteiger partial charge is 0.507 e. The lowest BCUT2D eigenvalue weighted by atomic mass is 10.1. The van der Waals surface area contributed by atoms with Gasteiger partial charge in [0.2, 0.25) is 0 Å². The van der Waals surface area contributed by atoms with E-state index in [1.807, 2.05) is 32.0 Å². The van der Waals surface area contributed by atoms with Gasteiger partial charge >= 0.3 is 0 Å². The van der Waals surface area contributed by atoms with Crippen LogP contribution in [-0.2, 0) is 6.54 Å². The maximum absolute atomic E-state index is 9.80. The molecule has 6 nitrogen and oxygen atoms in total. The molecule has 2 aromatic rings. The molecule has 0 aliphatic rings. The molecule has 0 atom stereocenters. The van der Waals surface area contributed by atoms with Crippen LogP contribution in [0.4, 0.5) is 5.69 Å². The molecule has 2 rings (SSSR count). The third-order valence-electron chi connectivity index (χ3n) is 3.64. The van der Waals surface area contributed by atoms with E-state index >= 15 is 0 Å². The number of hydrogen-bond donors (Lipinski definition) is 3. The number of aryl methyl sites for hydroxylation is 2. The molecule has 0 aromatic heterocycles. The van der Waals surface area contributed by atoms with Crippen molar-refractivity contribution in [3.63, 3.8) is 0 Å². The molecular weight excluding hydrogens is 306 g/mol. The normalized spacial score (nSPS) is 11.2. The number of aromatic hydroxyl groups is 1. The summed E-state index contributed by atoms with van der Waals surface area (Å²) >= 11 is 0. The number of ether oxygens (including phenoxy) is 2. The van der Waals surface area contributed by atoms with E-state index in [2.05, 4.69) is 10.3 Å². The second-order valence-electron chi connectivity index (χ2n) is 5.47. The summed E-state index contributed by atoms with van der Waals surface area (Å²) in [4.78, 5) is 4.33. The van der Waals surface area contributed by atoms with E-state index in [1.165, 1.54) is 0 Å². The molecule has 0 amide bonds. The van der Waals surface area contributed by atoms with Crippen LogP contribution in [0.25, 0.3) is 0 Å². The molecule has 0 unspecified atom stereocenters. The average molecular weight is 329 g/mol. The number of methoxy groups -OCH3 is 2. The Balaban J connectivity index is 2.09. The van der Waals surface area contributed by atoms with Gasteiger partial charge in [0.1, 0.15) is 5.75 Å². The molecule has 0 saturated carbocycles. The lowest BCUT2D eigenvalue weighted by Crippen LogP contribution is -2.22. The summed E-state index contributed by atoms with van der Waals surface area (Å²) in [7, 11) is 3.16. The van der Waals surface area contributed by atoms with E-state index in [4.69, 9.17) is 15.2 Å². The first-order valence-corrected chi connectivity index (χ1v) is 7.52. The number of rotatable bonds is 5. The molecular formula is C18H23N3O3. The highest BCUT2D eigenvalue weighted by atomic mass is 16.5. The fourth-order valence-electron chi connectivity index (χ4n) is 2.41. The number of anilines is 1. The van der Waals surface area contributed by atoms with Crippen molar-refractivity contribution in [2.75, 3.05) is 19.5 Å². The van der Waals surface area contributed by atoms with Gasteiger partial charge in [-0.3, -0.25) is 0 Å². The monoisotopic (exact) mass is 329 g/mol. The fourth-order valence-corrected chi connectivity index (χ4v) is 2.41. The van der Waals surface area contributed by atoms with Crippen molar-refractivity contribution < 1.29 is 14.6 Å². The first kappa shape index (κ1) is 17.5. The van der Waals surface area contributed by atoms with Crippen LogP contribution in [0.15, 0.2) is 35.3 Å². The summed E-state index contributed by atoms with van der Waals surface area (Å²) in [6.45, 7) is 4.15. The SMILES string of the molecule is COc1ccc(NC(N)=NCc2cc(C)c(O)c(C)c2)cc1OC. The van der Waals surface area contributed by atoms with Gasteiger partial charge in [-0.2, -0.15) is 0 Å². The van der Waals surface area contributed by atoms with Crippen molar-refractivity contribution in [2.24, 2.45) is 10.7 Å². The Kier molecular flexibility index (Phi) is 5.52. The van der Waals surface area contributed by atoms with Gasteiger partial charge in [-0.15, -0.1) is 0 Å². The smallest absolute Gasteiger partial charge is 0.193 e. The number of hydrogen-bond acceptors (Lipinski definition) is 4. The van der Waals surface area contributed by atoms with Gasteiger partial charge < -0.3 is 25.6 Å². The Morgan fingerprint density at radius 2 is 1.71 bits per heavy atom. The zero-order valence-electron chi connectivity index (χ0n) is 14.4. The van der Waals surface area contributed by atoms with E-state index < -0.39 is 0 Å². The van der Waals surface area contributed by atoms with Crippen molar-refractivity contribution in [2.45, 2.75) is 20.4 Å². The van der Waals surface area contributed by atoms with Crippen molar-refractivity contribution in [3.8, 4) is 17.2 Å². The van der Waals surface area contributed by atoms with Crippen molar-refractivity contribution >= 4 is 11.6 Å². The molecule has 0 radical (unpaired) electrons. The molecule has 128 valence electrons. The fraction of sp³-hybridized carbons (Fsp3) is 0.278. The standard InChI is InChI=1S/C18H23N3O3/c1-11-7-13(8-12(2)17(11)22)10-20-18(19)21-14-5-6-15(23-3)16(9-14)24-4/h5-9,22H,10H2,1-4H3,(H3,19,20,21). The van der Waals surface area contributed by atoms with Crippen LogP contribution in [0, 0.1) is 13.8 Å². The molecule has 0 aliphatic carbocycles. The first-order chi connectivity index (χ1) is 11.4. The van der Waals surface area contributed by atoms with Gasteiger partial charge in [-0.1, -0.05) is 12.1 Å². The molecule has 0 saturated heterocycles. The summed E-state index contributed by atoms with van der Waals surface area (Å²) in [5.41, 5.74) is 9.33. The van der Waals surface area contributed by atoms with Crippen LogP contribution >= 0.6 is 0 Å². The summed E-state index contributed by atoms with van der Waals surface area (Å²) in [6.07, 6.45) is 0. The molecule has 0 spiro atoms. The lowest BCUT2D eigenvalue weighted by molar-refractivity contribution is 0.355. The first-order valence-electron chi connectivity index (χ1n) is 7.52. The summed E-state index contributed by atoms with van der Waals surface area (Å²) in [5, 5.41) is 12.8. The number of nitrogens with two attached hydrogens (primary N) is 1. The molecule has 0 aliphatic heterocycles. The molecule has 0 bridgehead atoms. The number of nitrogens with one attached hydrogen (secondary N) is 1. The quantitative estimate of drug-likeness (QED) is 0.580. The van der Waals surface area contributed by atoms with Crippen molar-refractivity contribution in [3.05, 3.63) is 47.0 Å². The molecule has 4 N–H and O–H groups in total. The molecule has 2 aromatic carbocycles. The lowest BCUT2D eigenvalue weighted by Gasteiger charge is -2.11. The second-order valence-corrected chi connectivity index (χ2v) is 5.47. The van der Waals surface area contributed by atoms with Gasteiger partial charge in [-0.05, 0) is 42.7 Å². The maximum Gasteiger partial charge on any atom is 0.193 e. The predicted octanol–water partition coefficient (Wildman–Crippen LogP) is 2.95. The molecule has 6 heteroatoms. The summed E-state index contributed by atoms with van der Waals surface area (Å²) in [6, 6.07) is 9.21.